The molecule has 0 spiro atoms. The first-order valence-corrected chi connectivity index (χ1v) is 17.2. The number of nitrogens with zero attached hydrogens (tertiary/aromatic N) is 2. The van der Waals surface area contributed by atoms with E-state index in [0.717, 1.165) is 52.7 Å². The fourth-order valence-electron chi connectivity index (χ4n) is 5.65. The molecule has 4 rings (SSSR count). The molecular formula is C32H46N4O4S2. The van der Waals surface area contributed by atoms with Crippen LogP contribution in [0.1, 0.15) is 62.4 Å². The number of thioether (sulfide) groups is 1. The number of thiazole rings is 1. The van der Waals surface area contributed by atoms with Crippen molar-refractivity contribution < 1.29 is 19.1 Å². The number of rotatable bonds is 14. The van der Waals surface area contributed by atoms with Crippen molar-refractivity contribution in [3.63, 3.8) is 0 Å². The van der Waals surface area contributed by atoms with Gasteiger partial charge in [0.2, 0.25) is 11.8 Å². The summed E-state index contributed by atoms with van der Waals surface area (Å²) in [4.78, 5) is 46.4. The number of aromatic nitrogens is 1. The number of fused-ring (bicyclic) bond motifs is 1. The molecular weight excluding hydrogens is 569 g/mol. The molecule has 42 heavy (non-hydrogen) atoms. The van der Waals surface area contributed by atoms with E-state index in [2.05, 4.69) is 48.1 Å². The second-order valence-corrected chi connectivity index (χ2v) is 14.1. The highest BCUT2D eigenvalue weighted by Gasteiger charge is 2.31. The fraction of sp³-hybridized carbons (Fsp3) is 0.625. The minimum Gasteiger partial charge on any atom is -0.381 e. The summed E-state index contributed by atoms with van der Waals surface area (Å²) in [6, 6.07) is 6.14. The Labute approximate surface area is 258 Å². The highest BCUT2D eigenvalue weighted by atomic mass is 32.2. The van der Waals surface area contributed by atoms with Crippen LogP contribution in [0.2, 0.25) is 0 Å². The smallest absolute Gasteiger partial charge is 0.224 e. The minimum atomic E-state index is -0.555. The van der Waals surface area contributed by atoms with Gasteiger partial charge in [-0.1, -0.05) is 26.5 Å². The Kier molecular flexibility index (Phi) is 12.4. The van der Waals surface area contributed by atoms with Gasteiger partial charge in [-0.05, 0) is 48.8 Å². The molecule has 0 saturated carbocycles. The van der Waals surface area contributed by atoms with Crippen molar-refractivity contribution in [2.24, 2.45) is 11.8 Å². The number of Topliss-reactive ketones (excluding diaryl/α,β-unsaturated/α-hetero) is 1. The minimum absolute atomic E-state index is 0.0664. The number of hydrogen-bond acceptors (Lipinski definition) is 8. The van der Waals surface area contributed by atoms with Crippen molar-refractivity contribution in [2.45, 2.75) is 64.3 Å². The Morgan fingerprint density at radius 3 is 2.60 bits per heavy atom. The Bertz CT molecular complexity index is 1230. The lowest BCUT2D eigenvalue weighted by Crippen LogP contribution is -2.46. The molecule has 2 atom stereocenters. The maximum absolute atomic E-state index is 13.8. The summed E-state index contributed by atoms with van der Waals surface area (Å²) in [6.07, 6.45) is 3.04. The van der Waals surface area contributed by atoms with Crippen LogP contribution in [0.3, 0.4) is 0 Å². The highest BCUT2D eigenvalue weighted by molar-refractivity contribution is 7.99. The predicted molar refractivity (Wildman–Crippen MR) is 172 cm³/mol. The van der Waals surface area contributed by atoms with Gasteiger partial charge in [0.15, 0.2) is 5.78 Å². The number of hydrogen-bond donors (Lipinski definition) is 2. The van der Waals surface area contributed by atoms with Gasteiger partial charge < -0.3 is 15.4 Å². The van der Waals surface area contributed by atoms with Crippen molar-refractivity contribution in [2.75, 3.05) is 51.4 Å². The van der Waals surface area contributed by atoms with Crippen LogP contribution in [-0.4, -0.2) is 84.9 Å². The van der Waals surface area contributed by atoms with E-state index in [9.17, 15) is 14.4 Å². The van der Waals surface area contributed by atoms with E-state index in [1.807, 2.05) is 17.8 Å². The molecule has 2 amide bonds. The van der Waals surface area contributed by atoms with Crippen LogP contribution in [0.4, 0.5) is 0 Å². The van der Waals surface area contributed by atoms with Gasteiger partial charge in [-0.2, -0.15) is 11.8 Å². The second kappa shape index (κ2) is 16.0. The van der Waals surface area contributed by atoms with Crippen molar-refractivity contribution in [1.29, 1.82) is 0 Å². The third-order valence-corrected chi connectivity index (χ3v) is 10.4. The van der Waals surface area contributed by atoms with Gasteiger partial charge in [0.05, 0.1) is 21.1 Å². The summed E-state index contributed by atoms with van der Waals surface area (Å²) in [5, 5.41) is 6.80. The van der Waals surface area contributed by atoms with Crippen LogP contribution < -0.4 is 10.6 Å². The van der Waals surface area contributed by atoms with Gasteiger partial charge >= 0.3 is 0 Å². The Balaban J connectivity index is 1.44. The van der Waals surface area contributed by atoms with Crippen molar-refractivity contribution in [1.82, 2.24) is 20.5 Å². The van der Waals surface area contributed by atoms with Crippen LogP contribution in [0.25, 0.3) is 10.2 Å². The number of carbonyl (C=O) groups excluding carboxylic acids is 3. The number of carbonyl (C=O) groups is 3. The molecule has 1 aromatic carbocycles. The SMILES string of the molecule is C=C(CN1CCSCC1)C(=O)CC[C@@H](NC(=O)[C@@H](CC(=O)NC)Cc1nc2ccc(C(C)C)cc2s1)C1CCOCC1. The molecule has 2 aliphatic rings. The molecule has 2 aliphatic heterocycles. The molecule has 2 N–H and O–H groups in total. The van der Waals surface area contributed by atoms with Gasteiger partial charge in [-0.25, -0.2) is 4.98 Å². The van der Waals surface area contributed by atoms with E-state index >= 15 is 0 Å². The maximum Gasteiger partial charge on any atom is 0.224 e. The van der Waals surface area contributed by atoms with Gasteiger partial charge in [0.1, 0.15) is 0 Å². The largest absolute Gasteiger partial charge is 0.381 e. The van der Waals surface area contributed by atoms with Crippen LogP contribution in [-0.2, 0) is 25.5 Å². The lowest BCUT2D eigenvalue weighted by atomic mass is 9.87. The molecule has 0 radical (unpaired) electrons. The van der Waals surface area contributed by atoms with Crippen molar-refractivity contribution >= 4 is 50.9 Å². The number of ether oxygens (including phenoxy) is 1. The number of benzene rings is 1. The number of ketones is 1. The number of nitrogens with one attached hydrogen (secondary N) is 2. The first kappa shape index (κ1) is 32.6. The summed E-state index contributed by atoms with van der Waals surface area (Å²) in [5.74, 6) is 2.00. The Morgan fingerprint density at radius 2 is 1.90 bits per heavy atom. The average Bonchev–Trinajstić information content (AvgIpc) is 3.41. The molecule has 2 aromatic rings. The molecule has 1 aromatic heterocycles. The van der Waals surface area contributed by atoms with Crippen LogP contribution in [0.5, 0.6) is 0 Å². The van der Waals surface area contributed by atoms with Gasteiger partial charge in [-0.15, -0.1) is 11.3 Å². The zero-order chi connectivity index (χ0) is 30.1. The first-order chi connectivity index (χ1) is 20.2. The Hall–Kier alpha value is -2.27. The van der Waals surface area contributed by atoms with E-state index in [-0.39, 0.29) is 36.0 Å². The predicted octanol–water partition coefficient (Wildman–Crippen LogP) is 4.58. The van der Waals surface area contributed by atoms with E-state index in [0.29, 0.717) is 50.5 Å². The summed E-state index contributed by atoms with van der Waals surface area (Å²) in [7, 11) is 1.59. The number of amides is 2. The summed E-state index contributed by atoms with van der Waals surface area (Å²) >= 11 is 3.53. The lowest BCUT2D eigenvalue weighted by Gasteiger charge is -2.32. The quantitative estimate of drug-likeness (QED) is 0.301. The molecule has 10 heteroatoms. The maximum atomic E-state index is 13.8. The molecule has 3 heterocycles. The van der Waals surface area contributed by atoms with Crippen LogP contribution >= 0.6 is 23.1 Å². The molecule has 0 aliphatic carbocycles. The van der Waals surface area contributed by atoms with E-state index < -0.39 is 5.92 Å². The topological polar surface area (TPSA) is 101 Å². The van der Waals surface area contributed by atoms with E-state index in [1.165, 1.54) is 5.56 Å². The summed E-state index contributed by atoms with van der Waals surface area (Å²) < 4.78 is 6.68. The molecule has 2 saturated heterocycles. The third-order valence-electron chi connectivity index (χ3n) is 8.38. The first-order valence-electron chi connectivity index (χ1n) is 15.2. The van der Waals surface area contributed by atoms with Crippen LogP contribution in [0, 0.1) is 11.8 Å². The molecule has 2 fully saturated rings. The van der Waals surface area contributed by atoms with Gasteiger partial charge in [0.25, 0.3) is 0 Å². The van der Waals surface area contributed by atoms with E-state index in [1.54, 1.807) is 18.4 Å². The molecule has 230 valence electrons. The second-order valence-electron chi connectivity index (χ2n) is 11.8. The Morgan fingerprint density at radius 1 is 1.17 bits per heavy atom. The van der Waals surface area contributed by atoms with Crippen molar-refractivity contribution in [3.8, 4) is 0 Å². The average molecular weight is 615 g/mol. The van der Waals surface area contributed by atoms with E-state index in [4.69, 9.17) is 9.72 Å². The molecule has 0 bridgehead atoms. The summed E-state index contributed by atoms with van der Waals surface area (Å²) in [6.45, 7) is 12.3. The monoisotopic (exact) mass is 614 g/mol. The zero-order valence-electron chi connectivity index (χ0n) is 25.3. The normalized spacial score (nSPS) is 18.1. The third kappa shape index (κ3) is 9.36. The van der Waals surface area contributed by atoms with Crippen molar-refractivity contribution in [3.05, 3.63) is 40.9 Å². The molecule has 0 unspecified atom stereocenters. The highest BCUT2D eigenvalue weighted by Crippen LogP contribution is 2.29. The lowest BCUT2D eigenvalue weighted by molar-refractivity contribution is -0.131. The standard InChI is InChI=1S/C32H46N4O4S2/c1-21(2)24-5-6-27-29(17-24)42-31(34-27)19-25(18-30(38)33-4)32(39)35-26(23-9-13-40-14-10-23)7-8-28(37)22(3)20-36-11-15-41-16-12-36/h5-6,17,21,23,25-26H,3,7-16,18-20H2,1-2,4H3,(H,33,38)(H,35,39)/t25-,26+/m0/s1. The van der Waals surface area contributed by atoms with Gasteiger partial charge in [0, 0.05) is 82.3 Å². The zero-order valence-corrected chi connectivity index (χ0v) is 26.9. The summed E-state index contributed by atoms with van der Waals surface area (Å²) in [5.41, 5.74) is 2.82. The fourth-order valence-corrected chi connectivity index (χ4v) is 7.73. The van der Waals surface area contributed by atoms with Gasteiger partial charge in [-0.3, -0.25) is 19.3 Å². The molecule has 8 nitrogen and oxygen atoms in total. The van der Waals surface area contributed by atoms with Crippen LogP contribution in [0.15, 0.2) is 30.4 Å².